The summed E-state index contributed by atoms with van der Waals surface area (Å²) < 4.78 is 24.4. The molecular weight excluding hydrogens is 416 g/mol. The van der Waals surface area contributed by atoms with Crippen LogP contribution in [0.1, 0.15) is 23.6 Å². The average molecular weight is 449 g/mol. The van der Waals surface area contributed by atoms with E-state index in [0.29, 0.717) is 26.4 Å². The standard InChI is InChI=1S/C28H32O5/c1-21-26(31-18-23-13-7-3-8-14-23)25(20-30-17-22-11-5-2-6-12-22)33-28(29)27(21)32-19-24-15-9-4-10-16-24/h2-16,21,25-29H,17-20H2,1H3/t21-,25?,26+,27?,28?/m0/s1. The Labute approximate surface area is 195 Å². The van der Waals surface area contributed by atoms with Crippen molar-refractivity contribution >= 4 is 0 Å². The average Bonchev–Trinajstić information content (AvgIpc) is 2.85. The van der Waals surface area contributed by atoms with Gasteiger partial charge in [-0.05, 0) is 16.7 Å². The van der Waals surface area contributed by atoms with Gasteiger partial charge in [0.05, 0.1) is 32.5 Å². The molecule has 4 rings (SSSR count). The van der Waals surface area contributed by atoms with E-state index in [1.54, 1.807) is 0 Å². The molecule has 33 heavy (non-hydrogen) atoms. The lowest BCUT2D eigenvalue weighted by atomic mass is 9.90. The summed E-state index contributed by atoms with van der Waals surface area (Å²) in [5.74, 6) is -0.0912. The Kier molecular flexibility index (Phi) is 8.64. The van der Waals surface area contributed by atoms with Crippen LogP contribution in [0.3, 0.4) is 0 Å². The summed E-state index contributed by atoms with van der Waals surface area (Å²) in [5.41, 5.74) is 3.22. The van der Waals surface area contributed by atoms with E-state index in [2.05, 4.69) is 0 Å². The van der Waals surface area contributed by atoms with Crippen molar-refractivity contribution < 1.29 is 24.1 Å². The van der Waals surface area contributed by atoms with Gasteiger partial charge in [0.1, 0.15) is 12.2 Å². The van der Waals surface area contributed by atoms with Crippen molar-refractivity contribution in [2.45, 2.75) is 51.3 Å². The maximum Gasteiger partial charge on any atom is 0.182 e. The van der Waals surface area contributed by atoms with E-state index in [9.17, 15) is 5.11 Å². The Balaban J connectivity index is 1.41. The summed E-state index contributed by atoms with van der Waals surface area (Å²) in [6, 6.07) is 30.0. The van der Waals surface area contributed by atoms with Gasteiger partial charge < -0.3 is 24.1 Å². The molecule has 3 aromatic rings. The smallest absolute Gasteiger partial charge is 0.182 e. The molecule has 1 aliphatic rings. The predicted octanol–water partition coefficient (Wildman–Crippen LogP) is 4.73. The molecule has 5 heteroatoms. The van der Waals surface area contributed by atoms with Crippen molar-refractivity contribution in [2.24, 2.45) is 5.92 Å². The van der Waals surface area contributed by atoms with E-state index in [1.165, 1.54) is 0 Å². The number of aliphatic hydroxyl groups excluding tert-OH is 1. The van der Waals surface area contributed by atoms with E-state index in [1.807, 2.05) is 97.9 Å². The van der Waals surface area contributed by atoms with Crippen LogP contribution in [0.4, 0.5) is 0 Å². The van der Waals surface area contributed by atoms with Crippen LogP contribution in [0.2, 0.25) is 0 Å². The fourth-order valence-electron chi connectivity index (χ4n) is 4.15. The predicted molar refractivity (Wildman–Crippen MR) is 126 cm³/mol. The quantitative estimate of drug-likeness (QED) is 0.486. The summed E-state index contributed by atoms with van der Waals surface area (Å²) >= 11 is 0. The third-order valence-corrected chi connectivity index (χ3v) is 5.96. The molecule has 3 aromatic carbocycles. The van der Waals surface area contributed by atoms with Gasteiger partial charge in [-0.1, -0.05) is 97.9 Å². The van der Waals surface area contributed by atoms with Crippen molar-refractivity contribution in [2.75, 3.05) is 6.61 Å². The first-order valence-electron chi connectivity index (χ1n) is 11.5. The first kappa shape index (κ1) is 23.6. The zero-order chi connectivity index (χ0) is 22.9. The number of aliphatic hydroxyl groups is 1. The van der Waals surface area contributed by atoms with Crippen LogP contribution in [0.15, 0.2) is 91.0 Å². The maximum atomic E-state index is 10.7. The molecule has 0 aromatic heterocycles. The van der Waals surface area contributed by atoms with Crippen LogP contribution < -0.4 is 0 Å². The zero-order valence-corrected chi connectivity index (χ0v) is 19.0. The Bertz CT molecular complexity index is 932. The molecule has 0 spiro atoms. The van der Waals surface area contributed by atoms with Gasteiger partial charge in [-0.15, -0.1) is 0 Å². The third kappa shape index (κ3) is 6.73. The number of hydrogen-bond donors (Lipinski definition) is 1. The van der Waals surface area contributed by atoms with E-state index >= 15 is 0 Å². The van der Waals surface area contributed by atoms with Crippen LogP contribution in [-0.4, -0.2) is 36.3 Å². The Hall–Kier alpha value is -2.54. The van der Waals surface area contributed by atoms with E-state index in [4.69, 9.17) is 18.9 Å². The molecule has 5 atom stereocenters. The van der Waals surface area contributed by atoms with Crippen molar-refractivity contribution in [3.63, 3.8) is 0 Å². The van der Waals surface area contributed by atoms with Crippen molar-refractivity contribution in [3.8, 4) is 0 Å². The molecule has 0 bridgehead atoms. The summed E-state index contributed by atoms with van der Waals surface area (Å²) in [4.78, 5) is 0. The maximum absolute atomic E-state index is 10.7. The van der Waals surface area contributed by atoms with Gasteiger partial charge >= 0.3 is 0 Å². The molecule has 0 radical (unpaired) electrons. The summed E-state index contributed by atoms with van der Waals surface area (Å²) in [7, 11) is 0. The molecule has 1 heterocycles. The van der Waals surface area contributed by atoms with Gasteiger partial charge in [0.2, 0.25) is 0 Å². The van der Waals surface area contributed by atoms with Gasteiger partial charge in [0.15, 0.2) is 6.29 Å². The lowest BCUT2D eigenvalue weighted by Gasteiger charge is -2.43. The number of hydrogen-bond acceptors (Lipinski definition) is 5. The highest BCUT2D eigenvalue weighted by molar-refractivity contribution is 5.15. The second-order valence-electron chi connectivity index (χ2n) is 8.45. The second-order valence-corrected chi connectivity index (χ2v) is 8.45. The second kappa shape index (κ2) is 12.1. The summed E-state index contributed by atoms with van der Waals surface area (Å²) in [5, 5.41) is 10.7. The molecule has 1 fully saturated rings. The molecule has 174 valence electrons. The monoisotopic (exact) mass is 448 g/mol. The molecule has 3 unspecified atom stereocenters. The molecule has 1 saturated heterocycles. The number of benzene rings is 3. The minimum absolute atomic E-state index is 0.0912. The topological polar surface area (TPSA) is 57.2 Å². The first-order valence-corrected chi connectivity index (χ1v) is 11.5. The SMILES string of the molecule is C[C@@H]1C(OCc2ccccc2)C(O)OC(COCc2ccccc2)[C@@H]1OCc1ccccc1. The molecule has 0 saturated carbocycles. The van der Waals surface area contributed by atoms with Gasteiger partial charge in [-0.2, -0.15) is 0 Å². The molecule has 5 nitrogen and oxygen atoms in total. The van der Waals surface area contributed by atoms with E-state index in [0.717, 1.165) is 16.7 Å². The van der Waals surface area contributed by atoms with Gasteiger partial charge in [0, 0.05) is 5.92 Å². The van der Waals surface area contributed by atoms with Gasteiger partial charge in [-0.25, -0.2) is 0 Å². The fourth-order valence-corrected chi connectivity index (χ4v) is 4.15. The summed E-state index contributed by atoms with van der Waals surface area (Å²) in [6.45, 7) is 3.69. The fraction of sp³-hybridized carbons (Fsp3) is 0.357. The Morgan fingerprint density at radius 1 is 0.667 bits per heavy atom. The van der Waals surface area contributed by atoms with Crippen LogP contribution in [0.25, 0.3) is 0 Å². The van der Waals surface area contributed by atoms with Crippen molar-refractivity contribution in [1.82, 2.24) is 0 Å². The van der Waals surface area contributed by atoms with E-state index < -0.39 is 18.5 Å². The summed E-state index contributed by atoms with van der Waals surface area (Å²) in [6.07, 6.45) is -2.24. The zero-order valence-electron chi connectivity index (χ0n) is 19.0. The van der Waals surface area contributed by atoms with Crippen LogP contribution >= 0.6 is 0 Å². The van der Waals surface area contributed by atoms with Crippen molar-refractivity contribution in [1.29, 1.82) is 0 Å². The third-order valence-electron chi connectivity index (χ3n) is 5.96. The Morgan fingerprint density at radius 3 is 1.64 bits per heavy atom. The lowest BCUT2D eigenvalue weighted by Crippen LogP contribution is -2.56. The minimum atomic E-state index is -1.05. The van der Waals surface area contributed by atoms with Crippen LogP contribution in [0, 0.1) is 5.92 Å². The highest BCUT2D eigenvalue weighted by atomic mass is 16.7. The number of ether oxygens (including phenoxy) is 4. The lowest BCUT2D eigenvalue weighted by molar-refractivity contribution is -0.294. The van der Waals surface area contributed by atoms with E-state index in [-0.39, 0.29) is 12.0 Å². The minimum Gasteiger partial charge on any atom is -0.374 e. The van der Waals surface area contributed by atoms with Crippen LogP contribution in [-0.2, 0) is 38.8 Å². The molecule has 0 aliphatic carbocycles. The van der Waals surface area contributed by atoms with Gasteiger partial charge in [0.25, 0.3) is 0 Å². The van der Waals surface area contributed by atoms with Crippen molar-refractivity contribution in [3.05, 3.63) is 108 Å². The molecular formula is C28H32O5. The largest absolute Gasteiger partial charge is 0.374 e. The van der Waals surface area contributed by atoms with Crippen LogP contribution in [0.5, 0.6) is 0 Å². The highest BCUT2D eigenvalue weighted by Gasteiger charge is 2.44. The number of rotatable bonds is 10. The molecule has 1 N–H and O–H groups in total. The van der Waals surface area contributed by atoms with Gasteiger partial charge in [-0.3, -0.25) is 0 Å². The highest BCUT2D eigenvalue weighted by Crippen LogP contribution is 2.31. The normalized spacial score (nSPS) is 25.1. The molecule has 1 aliphatic heterocycles. The first-order chi connectivity index (χ1) is 16.2. The Morgan fingerprint density at radius 2 is 1.12 bits per heavy atom. The molecule has 0 amide bonds.